The minimum atomic E-state index is 1.06. The Balaban J connectivity index is 1.59. The average molecular weight is 657 g/mol. The van der Waals surface area contributed by atoms with Crippen molar-refractivity contribution in [1.82, 2.24) is 0 Å². The van der Waals surface area contributed by atoms with Crippen LogP contribution in [-0.4, -0.2) is 0 Å². The SMILES string of the molecule is CCCCCC[n+]1ccc(-c2cc(-c3ccc(C)cc3)[n+](-c3cc[n+](CCCCCC)cc3)c(-c3cc[n+](CCCCCC)cc3)c2)cc1. The zero-order chi connectivity index (χ0) is 34.3. The lowest BCUT2D eigenvalue weighted by Crippen LogP contribution is -2.39. The molecule has 0 aliphatic carbocycles. The van der Waals surface area contributed by atoms with E-state index < -0.39 is 0 Å². The zero-order valence-corrected chi connectivity index (χ0v) is 30.8. The normalized spacial score (nSPS) is 11.3. The highest BCUT2D eigenvalue weighted by Gasteiger charge is 2.26. The number of rotatable bonds is 19. The fourth-order valence-corrected chi connectivity index (χ4v) is 6.68. The van der Waals surface area contributed by atoms with E-state index in [0.29, 0.717) is 0 Å². The van der Waals surface area contributed by atoms with Crippen molar-refractivity contribution < 1.29 is 18.3 Å². The summed E-state index contributed by atoms with van der Waals surface area (Å²) < 4.78 is 9.48. The minimum Gasteiger partial charge on any atom is -0.205 e. The van der Waals surface area contributed by atoms with Gasteiger partial charge in [-0.2, -0.15) is 4.57 Å². The second-order valence-electron chi connectivity index (χ2n) is 13.8. The fraction of sp³-hybridized carbons (Fsp3) is 0.422. The summed E-state index contributed by atoms with van der Waals surface area (Å²) >= 11 is 0. The van der Waals surface area contributed by atoms with E-state index in [1.807, 2.05) is 0 Å². The van der Waals surface area contributed by atoms with E-state index in [1.54, 1.807) is 0 Å². The molecule has 0 aliphatic heterocycles. The molecule has 49 heavy (non-hydrogen) atoms. The van der Waals surface area contributed by atoms with Crippen molar-refractivity contribution in [3.05, 3.63) is 116 Å². The number of hydrogen-bond donors (Lipinski definition) is 0. The van der Waals surface area contributed by atoms with Crippen molar-refractivity contribution in [1.29, 1.82) is 0 Å². The maximum absolute atomic E-state index is 2.47. The van der Waals surface area contributed by atoms with Gasteiger partial charge in [-0.3, -0.25) is 0 Å². The monoisotopic (exact) mass is 656 g/mol. The molecule has 0 saturated heterocycles. The average Bonchev–Trinajstić information content (AvgIpc) is 3.14. The van der Waals surface area contributed by atoms with Gasteiger partial charge in [0.2, 0.25) is 17.1 Å². The molecule has 4 heteroatoms. The van der Waals surface area contributed by atoms with Crippen LogP contribution >= 0.6 is 0 Å². The molecule has 1 aromatic carbocycles. The first kappa shape index (κ1) is 36.1. The van der Waals surface area contributed by atoms with Gasteiger partial charge in [-0.05, 0) is 49.4 Å². The number of benzene rings is 1. The van der Waals surface area contributed by atoms with E-state index in [-0.39, 0.29) is 0 Å². The van der Waals surface area contributed by atoms with Gasteiger partial charge in [0, 0.05) is 61.2 Å². The van der Waals surface area contributed by atoms with Gasteiger partial charge in [0.05, 0.1) is 17.7 Å². The van der Waals surface area contributed by atoms with Crippen molar-refractivity contribution in [2.24, 2.45) is 0 Å². The highest BCUT2D eigenvalue weighted by atomic mass is 15.0. The third kappa shape index (κ3) is 10.4. The first-order valence-corrected chi connectivity index (χ1v) is 19.2. The fourth-order valence-electron chi connectivity index (χ4n) is 6.68. The Morgan fingerprint density at radius 3 is 1.20 bits per heavy atom. The third-order valence-electron chi connectivity index (χ3n) is 9.77. The molecule has 256 valence electrons. The van der Waals surface area contributed by atoms with E-state index in [2.05, 4.69) is 156 Å². The molecule has 0 aliphatic rings. The lowest BCUT2D eigenvalue weighted by Gasteiger charge is -2.12. The first-order valence-electron chi connectivity index (χ1n) is 19.2. The van der Waals surface area contributed by atoms with Crippen LogP contribution in [0.25, 0.3) is 39.3 Å². The Morgan fingerprint density at radius 2 is 0.776 bits per heavy atom. The number of pyridine rings is 4. The van der Waals surface area contributed by atoms with Crippen molar-refractivity contribution in [2.75, 3.05) is 0 Å². The highest BCUT2D eigenvalue weighted by molar-refractivity contribution is 5.73. The number of aromatic nitrogens is 4. The number of aryl methyl sites for hydroxylation is 4. The van der Waals surface area contributed by atoms with E-state index in [1.165, 1.54) is 122 Å². The lowest BCUT2D eigenvalue weighted by atomic mass is 9.99. The predicted molar refractivity (Wildman–Crippen MR) is 202 cm³/mol. The molecule has 0 atom stereocenters. The molecular formula is C45H60N4+4. The van der Waals surface area contributed by atoms with Crippen LogP contribution in [0.3, 0.4) is 0 Å². The predicted octanol–water partition coefficient (Wildman–Crippen LogP) is 9.88. The zero-order valence-electron chi connectivity index (χ0n) is 30.8. The molecule has 0 spiro atoms. The van der Waals surface area contributed by atoms with Crippen molar-refractivity contribution in [3.8, 4) is 39.3 Å². The van der Waals surface area contributed by atoms with Gasteiger partial charge in [-0.25, -0.2) is 13.7 Å². The summed E-state index contributed by atoms with van der Waals surface area (Å²) in [5.41, 5.74) is 9.76. The minimum absolute atomic E-state index is 1.06. The smallest absolute Gasteiger partial charge is 0.205 e. The molecule has 0 fully saturated rings. The van der Waals surface area contributed by atoms with Crippen LogP contribution in [-0.2, 0) is 19.6 Å². The maximum Gasteiger partial charge on any atom is 0.223 e. The van der Waals surface area contributed by atoms with Crippen molar-refractivity contribution >= 4 is 0 Å². The molecule has 5 aromatic rings. The Morgan fingerprint density at radius 1 is 0.388 bits per heavy atom. The van der Waals surface area contributed by atoms with E-state index in [4.69, 9.17) is 0 Å². The topological polar surface area (TPSA) is 15.5 Å². The van der Waals surface area contributed by atoms with Crippen LogP contribution < -0.4 is 18.3 Å². The molecule has 5 rings (SSSR count). The van der Waals surface area contributed by atoms with Crippen LogP contribution in [0.15, 0.2) is 110 Å². The Hall–Kier alpha value is -4.18. The van der Waals surface area contributed by atoms with Crippen LogP contribution in [0.5, 0.6) is 0 Å². The van der Waals surface area contributed by atoms with E-state index in [0.717, 1.165) is 19.6 Å². The van der Waals surface area contributed by atoms with Gasteiger partial charge in [-0.15, -0.1) is 0 Å². The number of hydrogen-bond acceptors (Lipinski definition) is 0. The first-order chi connectivity index (χ1) is 24.1. The summed E-state index contributed by atoms with van der Waals surface area (Å²) in [5.74, 6) is 0. The molecule has 0 saturated carbocycles. The van der Waals surface area contributed by atoms with Crippen LogP contribution in [0.2, 0.25) is 0 Å². The molecular weight excluding hydrogens is 597 g/mol. The molecule has 0 radical (unpaired) electrons. The largest absolute Gasteiger partial charge is 0.223 e. The summed E-state index contributed by atoms with van der Waals surface area (Å²) in [7, 11) is 0. The summed E-state index contributed by atoms with van der Waals surface area (Å²) in [6, 6.07) is 27.6. The van der Waals surface area contributed by atoms with Crippen LogP contribution in [0, 0.1) is 6.92 Å². The van der Waals surface area contributed by atoms with Gasteiger partial charge >= 0.3 is 0 Å². The molecule has 0 amide bonds. The van der Waals surface area contributed by atoms with Crippen LogP contribution in [0.4, 0.5) is 0 Å². The van der Waals surface area contributed by atoms with Gasteiger partial charge < -0.3 is 0 Å². The van der Waals surface area contributed by atoms with Gasteiger partial charge in [0.15, 0.2) is 37.2 Å². The quantitative estimate of drug-likeness (QED) is 0.0621. The second-order valence-corrected chi connectivity index (χ2v) is 13.8. The molecule has 0 N–H and O–H groups in total. The maximum atomic E-state index is 2.47. The third-order valence-corrected chi connectivity index (χ3v) is 9.77. The second kappa shape index (κ2) is 19.1. The summed E-state index contributed by atoms with van der Waals surface area (Å²) in [6.07, 6.45) is 28.8. The molecule has 4 aromatic heterocycles. The van der Waals surface area contributed by atoms with Gasteiger partial charge in [-0.1, -0.05) is 77.0 Å². The Bertz CT molecular complexity index is 1690. The summed E-state index contributed by atoms with van der Waals surface area (Å²) in [6.45, 7) is 12.2. The van der Waals surface area contributed by atoms with Crippen LogP contribution in [0.1, 0.15) is 103 Å². The molecule has 4 nitrogen and oxygen atoms in total. The van der Waals surface area contributed by atoms with Crippen molar-refractivity contribution in [3.63, 3.8) is 0 Å². The van der Waals surface area contributed by atoms with E-state index >= 15 is 0 Å². The highest BCUT2D eigenvalue weighted by Crippen LogP contribution is 2.30. The van der Waals surface area contributed by atoms with E-state index in [9.17, 15) is 0 Å². The molecule has 0 unspecified atom stereocenters. The van der Waals surface area contributed by atoms with Gasteiger partial charge in [0.25, 0.3) is 0 Å². The lowest BCUT2D eigenvalue weighted by molar-refractivity contribution is -0.698. The van der Waals surface area contributed by atoms with Crippen molar-refractivity contribution in [2.45, 2.75) is 124 Å². The molecule has 4 heterocycles. The summed E-state index contributed by atoms with van der Waals surface area (Å²) in [5, 5.41) is 0. The Kier molecular flexibility index (Phi) is 14.1. The van der Waals surface area contributed by atoms with Gasteiger partial charge in [0.1, 0.15) is 19.6 Å². The Labute approximate surface area is 296 Å². The number of unbranched alkanes of at least 4 members (excludes halogenated alkanes) is 9. The summed E-state index contributed by atoms with van der Waals surface area (Å²) in [4.78, 5) is 0. The molecule has 0 bridgehead atoms. The standard InChI is InChI=1S/C45H60N4/c1-5-8-11-14-27-46-30-21-39(22-31-46)42-36-44(40-19-17-38(4)18-20-40)49(43-25-34-48(35-26-43)29-16-13-10-7-3)45(37-42)41-23-32-47(33-24-41)28-15-12-9-6-2/h17-26,30-37H,5-16,27-29H2,1-4H3/q+4. The number of nitrogens with zero attached hydrogens (tertiary/aromatic N) is 4.